The number of nitrogens with one attached hydrogen (secondary N) is 1. The molecule has 15 heavy (non-hydrogen) atoms. The third-order valence-corrected chi connectivity index (χ3v) is 1.74. The smallest absolute Gasteiger partial charge is 0.0918 e. The summed E-state index contributed by atoms with van der Waals surface area (Å²) >= 11 is 0. The van der Waals surface area contributed by atoms with Crippen molar-refractivity contribution < 1.29 is 0 Å². The molecule has 1 aromatic rings. The van der Waals surface area contributed by atoms with Crippen LogP contribution in [0.5, 0.6) is 0 Å². The topological polar surface area (TPSA) is 36.2 Å². The number of hydrogen-bond donors (Lipinski definition) is 1. The first kappa shape index (κ1) is 13.6. The Morgan fingerprint density at radius 3 is 2.00 bits per heavy atom. The van der Waals surface area contributed by atoms with Gasteiger partial charge in [-0.05, 0) is 23.6 Å². The van der Waals surface area contributed by atoms with Gasteiger partial charge in [-0.15, -0.1) is 0 Å². The van der Waals surface area contributed by atoms with Crippen LogP contribution in [0.2, 0.25) is 0 Å². The zero-order valence-electron chi connectivity index (χ0n) is 10.0. The van der Waals surface area contributed by atoms with E-state index in [-0.39, 0.29) is 0 Å². The summed E-state index contributed by atoms with van der Waals surface area (Å²) in [6, 6.07) is 9.86. The average molecular weight is 204 g/mol. The maximum Gasteiger partial charge on any atom is 0.0918 e. The molecule has 0 radical (unpaired) electrons. The number of aliphatic imine (C=N–C) groups is 1. The van der Waals surface area contributed by atoms with Crippen LogP contribution in [0.3, 0.4) is 0 Å². The SMILES string of the molecule is CC(C)c1ccc(N=C=N)cc1.CCC. The second-order valence-corrected chi connectivity index (χ2v) is 3.68. The molecular weight excluding hydrogens is 184 g/mol. The molecule has 0 saturated heterocycles. The quantitative estimate of drug-likeness (QED) is 0.683. The van der Waals surface area contributed by atoms with Gasteiger partial charge in [0.05, 0.1) is 11.7 Å². The van der Waals surface area contributed by atoms with E-state index in [0.29, 0.717) is 5.92 Å². The fraction of sp³-hybridized carbons (Fsp3) is 0.462. The molecule has 0 bridgehead atoms. The number of hydrogen-bond acceptors (Lipinski definition) is 2. The first-order valence-electron chi connectivity index (χ1n) is 5.38. The van der Waals surface area contributed by atoms with E-state index in [2.05, 4.69) is 32.7 Å². The predicted molar refractivity (Wildman–Crippen MR) is 66.3 cm³/mol. The minimum atomic E-state index is 0.544. The summed E-state index contributed by atoms with van der Waals surface area (Å²) in [6.07, 6.45) is 1.25. The molecule has 0 aliphatic heterocycles. The molecule has 0 spiro atoms. The lowest BCUT2D eigenvalue weighted by Crippen LogP contribution is -1.84. The highest BCUT2D eigenvalue weighted by molar-refractivity contribution is 5.50. The highest BCUT2D eigenvalue weighted by Crippen LogP contribution is 2.18. The molecule has 0 aliphatic rings. The number of benzene rings is 1. The Morgan fingerprint density at radius 2 is 1.67 bits per heavy atom. The van der Waals surface area contributed by atoms with Crippen LogP contribution in [0.4, 0.5) is 5.69 Å². The van der Waals surface area contributed by atoms with Crippen molar-refractivity contribution in [3.05, 3.63) is 29.8 Å². The summed E-state index contributed by atoms with van der Waals surface area (Å²) in [5.74, 6) is 0.544. The Kier molecular flexibility index (Phi) is 7.21. The fourth-order valence-electron chi connectivity index (χ4n) is 0.998. The van der Waals surface area contributed by atoms with Crippen LogP contribution in [0.15, 0.2) is 29.3 Å². The van der Waals surface area contributed by atoms with Gasteiger partial charge in [0.25, 0.3) is 0 Å². The molecule has 0 aliphatic carbocycles. The standard InChI is InChI=1S/C10H12N2.C3H8/c1-8(2)9-3-5-10(6-4-9)12-7-11;1-3-2/h3-6,8,11H,1-2H3;3H2,1-2H3. The lowest BCUT2D eigenvalue weighted by atomic mass is 10.0. The Labute approximate surface area is 92.6 Å². The summed E-state index contributed by atoms with van der Waals surface area (Å²) in [5, 5.41) is 6.66. The number of nitrogens with zero attached hydrogens (tertiary/aromatic N) is 1. The van der Waals surface area contributed by atoms with Crippen LogP contribution in [-0.2, 0) is 0 Å². The van der Waals surface area contributed by atoms with Crippen molar-refractivity contribution in [3.8, 4) is 0 Å². The molecule has 0 amide bonds. The first-order chi connectivity index (χ1) is 7.15. The first-order valence-corrected chi connectivity index (χ1v) is 5.38. The summed E-state index contributed by atoms with van der Waals surface area (Å²) in [4.78, 5) is 3.72. The predicted octanol–water partition coefficient (Wildman–Crippen LogP) is 4.61. The van der Waals surface area contributed by atoms with E-state index in [4.69, 9.17) is 5.41 Å². The lowest BCUT2D eigenvalue weighted by Gasteiger charge is -2.03. The monoisotopic (exact) mass is 204 g/mol. The van der Waals surface area contributed by atoms with Crippen molar-refractivity contribution in [1.29, 1.82) is 5.41 Å². The van der Waals surface area contributed by atoms with Gasteiger partial charge in [-0.25, -0.2) is 5.41 Å². The van der Waals surface area contributed by atoms with Gasteiger partial charge in [0.15, 0.2) is 0 Å². The molecule has 2 heteroatoms. The van der Waals surface area contributed by atoms with Crippen LogP contribution >= 0.6 is 0 Å². The van der Waals surface area contributed by atoms with Crippen molar-refractivity contribution in [2.24, 2.45) is 4.99 Å². The van der Waals surface area contributed by atoms with E-state index in [0.717, 1.165) is 5.69 Å². The number of rotatable bonds is 2. The van der Waals surface area contributed by atoms with Crippen molar-refractivity contribution in [2.45, 2.75) is 40.0 Å². The second kappa shape index (κ2) is 7.95. The Balaban J connectivity index is 0.000000583. The molecule has 2 nitrogen and oxygen atoms in total. The third kappa shape index (κ3) is 5.82. The molecule has 0 heterocycles. The van der Waals surface area contributed by atoms with Gasteiger partial charge in [-0.1, -0.05) is 46.2 Å². The van der Waals surface area contributed by atoms with Crippen LogP contribution in [0, 0.1) is 5.41 Å². The molecular formula is C13H20N2. The summed E-state index contributed by atoms with van der Waals surface area (Å²) < 4.78 is 0. The normalized spacial score (nSPS) is 8.87. The molecule has 1 aromatic carbocycles. The van der Waals surface area contributed by atoms with E-state index in [1.807, 2.05) is 30.3 Å². The van der Waals surface area contributed by atoms with Gasteiger partial charge in [0.2, 0.25) is 0 Å². The van der Waals surface area contributed by atoms with Gasteiger partial charge in [0.1, 0.15) is 0 Å². The van der Waals surface area contributed by atoms with Crippen LogP contribution in [0.25, 0.3) is 0 Å². The van der Waals surface area contributed by atoms with E-state index in [9.17, 15) is 0 Å². The average Bonchev–Trinajstić information content (AvgIpc) is 2.20. The third-order valence-electron chi connectivity index (χ3n) is 1.74. The van der Waals surface area contributed by atoms with E-state index in [1.165, 1.54) is 12.0 Å². The molecule has 0 unspecified atom stereocenters. The molecule has 1 rings (SSSR count). The maximum atomic E-state index is 6.66. The highest BCUT2D eigenvalue weighted by atomic mass is 14.7. The lowest BCUT2D eigenvalue weighted by molar-refractivity contribution is 0.867. The van der Waals surface area contributed by atoms with Gasteiger partial charge < -0.3 is 0 Å². The molecule has 82 valence electrons. The largest absolute Gasteiger partial charge is 0.241 e. The second-order valence-electron chi connectivity index (χ2n) is 3.68. The van der Waals surface area contributed by atoms with Crippen LogP contribution in [0.1, 0.15) is 45.6 Å². The summed E-state index contributed by atoms with van der Waals surface area (Å²) in [7, 11) is 0. The van der Waals surface area contributed by atoms with Gasteiger partial charge in [-0.3, -0.25) is 0 Å². The van der Waals surface area contributed by atoms with E-state index >= 15 is 0 Å². The zero-order chi connectivity index (χ0) is 11.7. The van der Waals surface area contributed by atoms with Gasteiger partial charge >= 0.3 is 0 Å². The minimum absolute atomic E-state index is 0.544. The molecule has 0 aromatic heterocycles. The molecule has 1 N–H and O–H groups in total. The molecule has 0 atom stereocenters. The van der Waals surface area contributed by atoms with Gasteiger partial charge in [-0.2, -0.15) is 4.99 Å². The fourth-order valence-corrected chi connectivity index (χ4v) is 0.998. The summed E-state index contributed by atoms with van der Waals surface area (Å²) in [6.45, 7) is 8.55. The molecule has 0 fully saturated rings. The van der Waals surface area contributed by atoms with Crippen LogP contribution < -0.4 is 0 Å². The maximum absolute atomic E-state index is 6.66. The zero-order valence-corrected chi connectivity index (χ0v) is 10.0. The molecule has 0 saturated carbocycles. The Hall–Kier alpha value is -1.40. The Bertz CT molecular complexity index is 306. The van der Waals surface area contributed by atoms with Crippen molar-refractivity contribution >= 4 is 11.7 Å². The minimum Gasteiger partial charge on any atom is -0.241 e. The van der Waals surface area contributed by atoms with Crippen LogP contribution in [-0.4, -0.2) is 6.01 Å². The van der Waals surface area contributed by atoms with Crippen molar-refractivity contribution in [2.75, 3.05) is 0 Å². The van der Waals surface area contributed by atoms with Crippen molar-refractivity contribution in [1.82, 2.24) is 0 Å². The van der Waals surface area contributed by atoms with Gasteiger partial charge in [0, 0.05) is 0 Å². The van der Waals surface area contributed by atoms with E-state index in [1.54, 1.807) is 0 Å². The summed E-state index contributed by atoms with van der Waals surface area (Å²) in [5.41, 5.74) is 2.08. The van der Waals surface area contributed by atoms with Crippen molar-refractivity contribution in [3.63, 3.8) is 0 Å². The Morgan fingerprint density at radius 1 is 1.20 bits per heavy atom. The highest BCUT2D eigenvalue weighted by Gasteiger charge is 1.96. The van der Waals surface area contributed by atoms with E-state index < -0.39 is 0 Å².